The molecule has 0 atom stereocenters. The molecule has 0 spiro atoms. The molecule has 0 saturated heterocycles. The van der Waals surface area contributed by atoms with Crippen LogP contribution < -0.4 is 9.47 Å². The van der Waals surface area contributed by atoms with Crippen molar-refractivity contribution in [3.8, 4) is 23.3 Å². The van der Waals surface area contributed by atoms with Gasteiger partial charge in [0.1, 0.15) is 5.75 Å². The molecule has 2 aromatic rings. The molecule has 0 radical (unpaired) electrons. The predicted molar refractivity (Wildman–Crippen MR) is 128 cm³/mol. The van der Waals surface area contributed by atoms with E-state index in [4.69, 9.17) is 14.7 Å². The third-order valence-electron chi connectivity index (χ3n) is 4.82. The SMILES string of the molecule is CCOc1cc(/C=C2\SC(N(CCO)CCO)=NC2=O)ccc1Oc1ccc(C#N)cc1C(F)(F)F. The number of nitriles is 1. The number of ether oxygens (including phenoxy) is 2. The molecule has 3 rings (SSSR count). The van der Waals surface area contributed by atoms with Gasteiger partial charge in [0, 0.05) is 13.1 Å². The van der Waals surface area contributed by atoms with E-state index >= 15 is 0 Å². The van der Waals surface area contributed by atoms with Crippen molar-refractivity contribution in [1.82, 2.24) is 4.90 Å². The lowest BCUT2D eigenvalue weighted by molar-refractivity contribution is -0.138. The minimum absolute atomic E-state index is 0.0219. The molecule has 0 bridgehead atoms. The maximum atomic E-state index is 13.5. The average Bonchev–Trinajstić information content (AvgIpc) is 3.20. The predicted octanol–water partition coefficient (Wildman–Crippen LogP) is 4.02. The average molecular weight is 522 g/mol. The Kier molecular flexibility index (Phi) is 8.98. The van der Waals surface area contributed by atoms with E-state index < -0.39 is 23.4 Å². The van der Waals surface area contributed by atoms with Crippen molar-refractivity contribution in [3.63, 3.8) is 0 Å². The molecule has 190 valence electrons. The van der Waals surface area contributed by atoms with E-state index in [1.807, 2.05) is 0 Å². The standard InChI is InChI=1S/C24H22F3N3O5S/c1-2-34-20-12-15(13-21-22(33)29-23(36-21)30(7-9-31)8-10-32)3-6-19(20)35-18-5-4-16(14-28)11-17(18)24(25,26)27/h3-6,11-13,31-32H,2,7-10H2,1H3/b21-13-. The molecule has 0 aliphatic carbocycles. The van der Waals surface area contributed by atoms with Crippen LogP contribution in [-0.4, -0.2) is 59.1 Å². The maximum absolute atomic E-state index is 13.5. The van der Waals surface area contributed by atoms with Crippen molar-refractivity contribution < 1.29 is 37.7 Å². The fraction of sp³-hybridized carbons (Fsp3) is 0.292. The summed E-state index contributed by atoms with van der Waals surface area (Å²) in [6.07, 6.45) is -3.19. The molecular formula is C24H22F3N3O5S. The van der Waals surface area contributed by atoms with Crippen molar-refractivity contribution in [2.45, 2.75) is 13.1 Å². The van der Waals surface area contributed by atoms with Gasteiger partial charge in [-0.3, -0.25) is 4.79 Å². The number of amidine groups is 1. The number of amides is 1. The van der Waals surface area contributed by atoms with Gasteiger partial charge >= 0.3 is 6.18 Å². The van der Waals surface area contributed by atoms with Crippen LogP contribution in [0.1, 0.15) is 23.6 Å². The normalized spacial score (nSPS) is 14.5. The zero-order chi connectivity index (χ0) is 26.3. The number of aliphatic hydroxyl groups excluding tert-OH is 2. The number of thioether (sulfide) groups is 1. The Labute approximate surface area is 209 Å². The number of carbonyl (C=O) groups is 1. The Morgan fingerprint density at radius 1 is 1.11 bits per heavy atom. The Morgan fingerprint density at radius 2 is 1.81 bits per heavy atom. The molecule has 12 heteroatoms. The molecule has 2 aromatic carbocycles. The number of hydrogen-bond donors (Lipinski definition) is 2. The van der Waals surface area contributed by atoms with Crippen molar-refractivity contribution in [2.75, 3.05) is 32.9 Å². The van der Waals surface area contributed by atoms with Crippen LogP contribution in [0, 0.1) is 11.3 Å². The lowest BCUT2D eigenvalue weighted by Crippen LogP contribution is -2.33. The zero-order valence-electron chi connectivity index (χ0n) is 19.1. The number of benzene rings is 2. The Morgan fingerprint density at radius 3 is 2.42 bits per heavy atom. The van der Waals surface area contributed by atoms with Crippen LogP contribution in [-0.2, 0) is 11.0 Å². The fourth-order valence-electron chi connectivity index (χ4n) is 3.22. The van der Waals surface area contributed by atoms with Gasteiger partial charge in [0.15, 0.2) is 16.7 Å². The number of nitrogens with zero attached hydrogens (tertiary/aromatic N) is 3. The summed E-state index contributed by atoms with van der Waals surface area (Å²) in [4.78, 5) is 18.2. The van der Waals surface area contributed by atoms with Crippen molar-refractivity contribution >= 4 is 28.9 Å². The van der Waals surface area contributed by atoms with Gasteiger partial charge in [-0.1, -0.05) is 6.07 Å². The van der Waals surface area contributed by atoms with Crippen LogP contribution in [0.2, 0.25) is 0 Å². The lowest BCUT2D eigenvalue weighted by atomic mass is 10.1. The van der Waals surface area contributed by atoms with Gasteiger partial charge in [-0.25, -0.2) is 0 Å². The summed E-state index contributed by atoms with van der Waals surface area (Å²) in [6, 6.07) is 9.18. The van der Waals surface area contributed by atoms with E-state index in [2.05, 4.69) is 4.99 Å². The number of alkyl halides is 3. The molecule has 2 N–H and O–H groups in total. The first-order valence-corrected chi connectivity index (χ1v) is 11.6. The van der Waals surface area contributed by atoms with Gasteiger partial charge < -0.3 is 24.6 Å². The molecule has 0 saturated carbocycles. The van der Waals surface area contributed by atoms with E-state index in [1.54, 1.807) is 30.0 Å². The van der Waals surface area contributed by atoms with Crippen LogP contribution in [0.3, 0.4) is 0 Å². The Bertz CT molecular complexity index is 1220. The maximum Gasteiger partial charge on any atom is 0.420 e. The fourth-order valence-corrected chi connectivity index (χ4v) is 4.19. The van der Waals surface area contributed by atoms with Gasteiger partial charge in [-0.15, -0.1) is 0 Å². The van der Waals surface area contributed by atoms with E-state index in [0.717, 1.165) is 17.8 Å². The second kappa shape index (κ2) is 11.9. The van der Waals surface area contributed by atoms with Crippen molar-refractivity contribution in [1.29, 1.82) is 5.26 Å². The van der Waals surface area contributed by atoms with E-state index in [0.29, 0.717) is 16.8 Å². The molecule has 1 aliphatic heterocycles. The molecule has 1 aliphatic rings. The molecule has 36 heavy (non-hydrogen) atoms. The minimum atomic E-state index is -4.74. The second-order valence-corrected chi connectivity index (χ2v) is 8.32. The number of aliphatic hydroxyl groups is 2. The highest BCUT2D eigenvalue weighted by Crippen LogP contribution is 2.41. The van der Waals surface area contributed by atoms with Crippen LogP contribution in [0.5, 0.6) is 17.2 Å². The third-order valence-corrected chi connectivity index (χ3v) is 5.86. The van der Waals surface area contributed by atoms with E-state index in [1.165, 1.54) is 18.2 Å². The third kappa shape index (κ3) is 6.57. The highest BCUT2D eigenvalue weighted by atomic mass is 32.2. The van der Waals surface area contributed by atoms with Crippen LogP contribution >= 0.6 is 11.8 Å². The summed E-state index contributed by atoms with van der Waals surface area (Å²) in [6.45, 7) is 1.94. The number of halogens is 3. The summed E-state index contributed by atoms with van der Waals surface area (Å²) >= 11 is 1.08. The summed E-state index contributed by atoms with van der Waals surface area (Å²) in [5.41, 5.74) is -0.730. The van der Waals surface area contributed by atoms with Crippen LogP contribution in [0.4, 0.5) is 13.2 Å². The topological polar surface area (TPSA) is 115 Å². The van der Waals surface area contributed by atoms with Crippen LogP contribution in [0.25, 0.3) is 6.08 Å². The van der Waals surface area contributed by atoms with E-state index in [-0.39, 0.29) is 54.9 Å². The van der Waals surface area contributed by atoms with Gasteiger partial charge in [0.05, 0.1) is 41.9 Å². The number of rotatable bonds is 9. The zero-order valence-corrected chi connectivity index (χ0v) is 19.9. The van der Waals surface area contributed by atoms with Gasteiger partial charge in [0.2, 0.25) is 0 Å². The largest absolute Gasteiger partial charge is 0.490 e. The lowest BCUT2D eigenvalue weighted by Gasteiger charge is -2.20. The quantitative estimate of drug-likeness (QED) is 0.476. The summed E-state index contributed by atoms with van der Waals surface area (Å²) < 4.78 is 51.7. The van der Waals surface area contributed by atoms with Crippen LogP contribution in [0.15, 0.2) is 46.3 Å². The Balaban J connectivity index is 1.89. The molecule has 0 unspecified atom stereocenters. The minimum Gasteiger partial charge on any atom is -0.490 e. The first kappa shape index (κ1) is 27.1. The van der Waals surface area contributed by atoms with Gasteiger partial charge in [0.25, 0.3) is 5.91 Å². The molecular weight excluding hydrogens is 499 g/mol. The second-order valence-electron chi connectivity index (χ2n) is 7.31. The molecule has 8 nitrogen and oxygen atoms in total. The molecule has 0 fully saturated rings. The number of aliphatic imine (C=N–C) groups is 1. The molecule has 1 heterocycles. The van der Waals surface area contributed by atoms with Crippen molar-refractivity contribution in [2.24, 2.45) is 4.99 Å². The van der Waals surface area contributed by atoms with Gasteiger partial charge in [-0.2, -0.15) is 23.4 Å². The first-order chi connectivity index (χ1) is 17.2. The monoisotopic (exact) mass is 521 g/mol. The molecule has 1 amide bonds. The van der Waals surface area contributed by atoms with Gasteiger partial charge in [-0.05, 0) is 60.7 Å². The number of hydrogen-bond acceptors (Lipinski definition) is 8. The summed E-state index contributed by atoms with van der Waals surface area (Å²) in [5, 5.41) is 27.7. The highest BCUT2D eigenvalue weighted by molar-refractivity contribution is 8.18. The Hall–Kier alpha value is -3.53. The molecule has 0 aromatic heterocycles. The summed E-state index contributed by atoms with van der Waals surface area (Å²) in [5.74, 6) is -0.806. The number of carbonyl (C=O) groups excluding carboxylic acids is 1. The first-order valence-electron chi connectivity index (χ1n) is 10.8. The van der Waals surface area contributed by atoms with Crippen molar-refractivity contribution in [3.05, 3.63) is 58.0 Å². The van der Waals surface area contributed by atoms with E-state index in [9.17, 15) is 28.2 Å². The smallest absolute Gasteiger partial charge is 0.420 e. The highest BCUT2D eigenvalue weighted by Gasteiger charge is 2.35. The summed E-state index contributed by atoms with van der Waals surface area (Å²) in [7, 11) is 0.